The molecular weight excluding hydrogens is 295 g/mol. The first kappa shape index (κ1) is 14.9. The van der Waals surface area contributed by atoms with Gasteiger partial charge in [0.25, 0.3) is 5.91 Å². The highest BCUT2D eigenvalue weighted by atomic mass is 19.1. The molecule has 0 saturated heterocycles. The molecule has 0 saturated carbocycles. The van der Waals surface area contributed by atoms with Crippen molar-refractivity contribution in [2.75, 3.05) is 0 Å². The molecule has 0 radical (unpaired) electrons. The number of halogens is 1. The number of aryl methyl sites for hydroxylation is 1. The fourth-order valence-corrected chi connectivity index (χ4v) is 2.19. The van der Waals surface area contributed by atoms with Gasteiger partial charge in [-0.25, -0.2) is 4.39 Å². The zero-order chi connectivity index (χ0) is 16.2. The number of aromatic amines is 1. The summed E-state index contributed by atoms with van der Waals surface area (Å²) in [6, 6.07) is 7.80. The van der Waals surface area contributed by atoms with E-state index in [4.69, 9.17) is 0 Å². The van der Waals surface area contributed by atoms with E-state index in [2.05, 4.69) is 20.5 Å². The molecule has 1 aromatic carbocycles. The van der Waals surface area contributed by atoms with Gasteiger partial charge in [-0.2, -0.15) is 5.10 Å². The summed E-state index contributed by atoms with van der Waals surface area (Å²) in [5, 5.41) is 9.57. The Morgan fingerprint density at radius 2 is 1.96 bits per heavy atom. The second-order valence-electron chi connectivity index (χ2n) is 5.18. The minimum atomic E-state index is -0.300. The Labute approximate surface area is 132 Å². The van der Waals surface area contributed by atoms with Gasteiger partial charge in [-0.15, -0.1) is 0 Å². The second kappa shape index (κ2) is 6.39. The monoisotopic (exact) mass is 310 g/mol. The quantitative estimate of drug-likeness (QED) is 0.778. The van der Waals surface area contributed by atoms with Crippen LogP contribution < -0.4 is 5.32 Å². The molecule has 116 valence electrons. The van der Waals surface area contributed by atoms with E-state index in [0.29, 0.717) is 12.1 Å². The van der Waals surface area contributed by atoms with E-state index >= 15 is 0 Å². The standard InChI is InChI=1S/C17H15FN4O/c1-11-7-21-22-16(11)10-20-17(23)14-6-13(8-19-9-14)12-2-4-15(18)5-3-12/h2-9H,10H2,1H3,(H,20,23)(H,21,22). The third-order valence-electron chi connectivity index (χ3n) is 3.54. The molecule has 2 N–H and O–H groups in total. The predicted octanol–water partition coefficient (Wildman–Crippen LogP) is 2.85. The molecule has 2 heterocycles. The number of H-pyrrole nitrogens is 1. The Kier molecular flexibility index (Phi) is 4.14. The zero-order valence-electron chi connectivity index (χ0n) is 12.5. The topological polar surface area (TPSA) is 70.7 Å². The summed E-state index contributed by atoms with van der Waals surface area (Å²) in [4.78, 5) is 16.3. The van der Waals surface area contributed by atoms with Gasteiger partial charge in [-0.05, 0) is 36.2 Å². The van der Waals surface area contributed by atoms with E-state index in [1.165, 1.54) is 18.3 Å². The molecule has 1 amide bonds. The highest BCUT2D eigenvalue weighted by Crippen LogP contribution is 2.19. The second-order valence-corrected chi connectivity index (χ2v) is 5.18. The van der Waals surface area contributed by atoms with Gasteiger partial charge in [0.15, 0.2) is 0 Å². The van der Waals surface area contributed by atoms with Crippen LogP contribution in [0.4, 0.5) is 4.39 Å². The van der Waals surface area contributed by atoms with Gasteiger partial charge in [0, 0.05) is 18.0 Å². The highest BCUT2D eigenvalue weighted by Gasteiger charge is 2.09. The molecule has 23 heavy (non-hydrogen) atoms. The number of nitrogens with zero attached hydrogens (tertiary/aromatic N) is 2. The minimum absolute atomic E-state index is 0.226. The Morgan fingerprint density at radius 1 is 1.17 bits per heavy atom. The van der Waals surface area contributed by atoms with Crippen molar-refractivity contribution in [1.29, 1.82) is 0 Å². The lowest BCUT2D eigenvalue weighted by molar-refractivity contribution is 0.0950. The van der Waals surface area contributed by atoms with Crippen molar-refractivity contribution >= 4 is 5.91 Å². The maximum absolute atomic E-state index is 13.0. The van der Waals surface area contributed by atoms with Crippen LogP contribution in [0.3, 0.4) is 0 Å². The van der Waals surface area contributed by atoms with E-state index in [9.17, 15) is 9.18 Å². The van der Waals surface area contributed by atoms with Crippen LogP contribution in [0.25, 0.3) is 11.1 Å². The Balaban J connectivity index is 1.75. The SMILES string of the molecule is Cc1cn[nH]c1CNC(=O)c1cncc(-c2ccc(F)cc2)c1. The number of pyridine rings is 1. The first-order chi connectivity index (χ1) is 11.1. The smallest absolute Gasteiger partial charge is 0.253 e. The summed E-state index contributed by atoms with van der Waals surface area (Å²) >= 11 is 0. The van der Waals surface area contributed by atoms with Crippen LogP contribution >= 0.6 is 0 Å². The van der Waals surface area contributed by atoms with Gasteiger partial charge in [0.1, 0.15) is 5.82 Å². The van der Waals surface area contributed by atoms with Gasteiger partial charge >= 0.3 is 0 Å². The first-order valence-corrected chi connectivity index (χ1v) is 7.11. The van der Waals surface area contributed by atoms with Crippen molar-refractivity contribution in [3.05, 3.63) is 71.6 Å². The lowest BCUT2D eigenvalue weighted by Gasteiger charge is -2.06. The average Bonchev–Trinajstić information content (AvgIpc) is 2.98. The molecule has 0 unspecified atom stereocenters. The fraction of sp³-hybridized carbons (Fsp3) is 0.118. The number of benzene rings is 1. The Hall–Kier alpha value is -3.02. The lowest BCUT2D eigenvalue weighted by atomic mass is 10.1. The van der Waals surface area contributed by atoms with Crippen molar-refractivity contribution < 1.29 is 9.18 Å². The van der Waals surface area contributed by atoms with E-state index in [1.807, 2.05) is 6.92 Å². The summed E-state index contributed by atoms with van der Waals surface area (Å²) in [6.07, 6.45) is 4.85. The molecule has 0 aliphatic rings. The molecule has 0 atom stereocenters. The number of rotatable bonds is 4. The van der Waals surface area contributed by atoms with Crippen LogP contribution in [-0.2, 0) is 6.54 Å². The number of nitrogens with one attached hydrogen (secondary N) is 2. The lowest BCUT2D eigenvalue weighted by Crippen LogP contribution is -2.23. The van der Waals surface area contributed by atoms with E-state index in [0.717, 1.165) is 22.4 Å². The Morgan fingerprint density at radius 3 is 2.65 bits per heavy atom. The van der Waals surface area contributed by atoms with Gasteiger partial charge < -0.3 is 5.32 Å². The van der Waals surface area contributed by atoms with Crippen molar-refractivity contribution in [2.24, 2.45) is 0 Å². The van der Waals surface area contributed by atoms with Gasteiger partial charge in [0.05, 0.1) is 24.0 Å². The molecule has 5 nitrogen and oxygen atoms in total. The van der Waals surface area contributed by atoms with E-state index < -0.39 is 0 Å². The number of carbonyl (C=O) groups is 1. The van der Waals surface area contributed by atoms with Crippen molar-refractivity contribution in [3.63, 3.8) is 0 Å². The van der Waals surface area contributed by atoms with Crippen LogP contribution in [0, 0.1) is 12.7 Å². The molecule has 3 rings (SSSR count). The summed E-state index contributed by atoms with van der Waals surface area (Å²) < 4.78 is 13.0. The third-order valence-corrected chi connectivity index (χ3v) is 3.54. The van der Waals surface area contributed by atoms with Crippen LogP contribution in [0.15, 0.2) is 48.9 Å². The molecular formula is C17H15FN4O. The average molecular weight is 310 g/mol. The van der Waals surface area contributed by atoms with Crippen molar-refractivity contribution in [3.8, 4) is 11.1 Å². The van der Waals surface area contributed by atoms with Gasteiger partial charge in [-0.3, -0.25) is 14.9 Å². The van der Waals surface area contributed by atoms with E-state index in [1.54, 1.807) is 30.6 Å². The Bertz CT molecular complexity index is 827. The fourth-order valence-electron chi connectivity index (χ4n) is 2.19. The summed E-state index contributed by atoms with van der Waals surface area (Å²) in [5.41, 5.74) is 3.86. The number of amides is 1. The van der Waals surface area contributed by atoms with Crippen LogP contribution in [0.2, 0.25) is 0 Å². The molecule has 3 aromatic rings. The third kappa shape index (κ3) is 3.42. The van der Waals surface area contributed by atoms with Crippen molar-refractivity contribution in [1.82, 2.24) is 20.5 Å². The van der Waals surface area contributed by atoms with Gasteiger partial charge in [0.2, 0.25) is 0 Å². The number of carbonyl (C=O) groups excluding carboxylic acids is 1. The molecule has 6 heteroatoms. The van der Waals surface area contributed by atoms with Gasteiger partial charge in [-0.1, -0.05) is 12.1 Å². The van der Waals surface area contributed by atoms with E-state index in [-0.39, 0.29) is 11.7 Å². The molecule has 0 aliphatic carbocycles. The first-order valence-electron chi connectivity index (χ1n) is 7.11. The molecule has 0 fully saturated rings. The summed E-state index contributed by atoms with van der Waals surface area (Å²) in [7, 11) is 0. The number of hydrogen-bond acceptors (Lipinski definition) is 3. The highest BCUT2D eigenvalue weighted by molar-refractivity contribution is 5.95. The molecule has 0 spiro atoms. The van der Waals surface area contributed by atoms with Crippen LogP contribution in [0.1, 0.15) is 21.6 Å². The van der Waals surface area contributed by atoms with Crippen LogP contribution in [-0.4, -0.2) is 21.1 Å². The van der Waals surface area contributed by atoms with Crippen LogP contribution in [0.5, 0.6) is 0 Å². The summed E-state index contributed by atoms with van der Waals surface area (Å²) in [6.45, 7) is 2.28. The normalized spacial score (nSPS) is 10.5. The minimum Gasteiger partial charge on any atom is -0.346 e. The molecule has 0 bridgehead atoms. The summed E-state index contributed by atoms with van der Waals surface area (Å²) in [5.74, 6) is -0.527. The molecule has 0 aliphatic heterocycles. The number of hydrogen-bond donors (Lipinski definition) is 2. The number of aromatic nitrogens is 3. The molecule has 2 aromatic heterocycles. The maximum Gasteiger partial charge on any atom is 0.253 e. The largest absolute Gasteiger partial charge is 0.346 e. The zero-order valence-corrected chi connectivity index (χ0v) is 12.5. The van der Waals surface area contributed by atoms with Crippen molar-refractivity contribution in [2.45, 2.75) is 13.5 Å². The predicted molar refractivity (Wildman–Crippen MR) is 84.1 cm³/mol. The maximum atomic E-state index is 13.0.